The van der Waals surface area contributed by atoms with Crippen LogP contribution in [0.2, 0.25) is 0 Å². The first-order valence-corrected chi connectivity index (χ1v) is 5.19. The van der Waals surface area contributed by atoms with Gasteiger partial charge in [0.05, 0.1) is 6.20 Å². The van der Waals surface area contributed by atoms with E-state index in [-0.39, 0.29) is 11.5 Å². The highest BCUT2D eigenvalue weighted by Crippen LogP contribution is 2.22. The lowest BCUT2D eigenvalue weighted by Crippen LogP contribution is -1.99. The predicted octanol–water partition coefficient (Wildman–Crippen LogP) is 3.02. The molecule has 0 saturated carbocycles. The van der Waals surface area contributed by atoms with Gasteiger partial charge in [-0.25, -0.2) is 14.2 Å². The van der Waals surface area contributed by atoms with Gasteiger partial charge in [-0.05, 0) is 30.7 Å². The van der Waals surface area contributed by atoms with Crippen molar-refractivity contribution in [3.63, 3.8) is 0 Å². The molecule has 0 aliphatic rings. The SMILES string of the molecule is Cc1ccc(Oc2ccc(C(=O)O)nc2)cc1F. The molecule has 0 fully saturated rings. The maximum absolute atomic E-state index is 13.3. The molecule has 0 aliphatic heterocycles. The molecule has 1 aromatic carbocycles. The predicted molar refractivity (Wildman–Crippen MR) is 62.4 cm³/mol. The van der Waals surface area contributed by atoms with Crippen molar-refractivity contribution in [2.45, 2.75) is 6.92 Å². The van der Waals surface area contributed by atoms with Gasteiger partial charge in [0.25, 0.3) is 0 Å². The molecule has 18 heavy (non-hydrogen) atoms. The maximum atomic E-state index is 13.3. The molecule has 0 radical (unpaired) electrons. The molecule has 4 nitrogen and oxygen atoms in total. The Morgan fingerprint density at radius 3 is 2.56 bits per heavy atom. The van der Waals surface area contributed by atoms with E-state index in [1.807, 2.05) is 0 Å². The molecule has 0 aliphatic carbocycles. The average Bonchev–Trinajstić information content (AvgIpc) is 2.34. The summed E-state index contributed by atoms with van der Waals surface area (Å²) < 4.78 is 18.6. The van der Waals surface area contributed by atoms with E-state index in [0.29, 0.717) is 17.1 Å². The van der Waals surface area contributed by atoms with Crippen molar-refractivity contribution in [1.82, 2.24) is 4.98 Å². The number of halogens is 1. The molecule has 0 unspecified atom stereocenters. The number of carbonyl (C=O) groups is 1. The van der Waals surface area contributed by atoms with Gasteiger partial charge in [0.1, 0.15) is 23.0 Å². The minimum Gasteiger partial charge on any atom is -0.477 e. The van der Waals surface area contributed by atoms with Gasteiger partial charge in [-0.15, -0.1) is 0 Å². The molecule has 2 rings (SSSR count). The Labute approximate surface area is 103 Å². The first-order chi connectivity index (χ1) is 8.56. The third-order valence-electron chi connectivity index (χ3n) is 2.33. The molecule has 0 atom stereocenters. The topological polar surface area (TPSA) is 59.4 Å². The van der Waals surface area contributed by atoms with Crippen LogP contribution in [0.4, 0.5) is 4.39 Å². The van der Waals surface area contributed by atoms with Gasteiger partial charge >= 0.3 is 5.97 Å². The summed E-state index contributed by atoms with van der Waals surface area (Å²) in [5, 5.41) is 8.68. The molecule has 1 heterocycles. The van der Waals surface area contributed by atoms with Crippen molar-refractivity contribution in [2.75, 3.05) is 0 Å². The van der Waals surface area contributed by atoms with Crippen molar-refractivity contribution in [3.8, 4) is 11.5 Å². The molecule has 5 heteroatoms. The van der Waals surface area contributed by atoms with Crippen molar-refractivity contribution in [1.29, 1.82) is 0 Å². The third kappa shape index (κ3) is 2.63. The Hall–Kier alpha value is -2.43. The highest BCUT2D eigenvalue weighted by atomic mass is 19.1. The summed E-state index contributed by atoms with van der Waals surface area (Å²) in [6.07, 6.45) is 1.28. The second-order valence-corrected chi connectivity index (χ2v) is 3.70. The summed E-state index contributed by atoms with van der Waals surface area (Å²) in [7, 11) is 0. The van der Waals surface area contributed by atoms with Gasteiger partial charge < -0.3 is 9.84 Å². The second-order valence-electron chi connectivity index (χ2n) is 3.70. The molecule has 92 valence electrons. The Bertz CT molecular complexity index is 581. The summed E-state index contributed by atoms with van der Waals surface area (Å²) >= 11 is 0. The number of benzene rings is 1. The fourth-order valence-electron chi connectivity index (χ4n) is 1.34. The number of carboxylic acid groups (broad SMARTS) is 1. The van der Waals surface area contributed by atoms with E-state index in [2.05, 4.69) is 4.98 Å². The maximum Gasteiger partial charge on any atom is 0.354 e. The molecule has 2 aromatic rings. The molecule has 1 aromatic heterocycles. The molecular weight excluding hydrogens is 237 g/mol. The third-order valence-corrected chi connectivity index (χ3v) is 2.33. The van der Waals surface area contributed by atoms with E-state index in [0.717, 1.165) is 0 Å². The minimum absolute atomic E-state index is 0.0718. The van der Waals surface area contributed by atoms with Crippen LogP contribution in [0.3, 0.4) is 0 Å². The van der Waals surface area contributed by atoms with E-state index in [1.165, 1.54) is 24.4 Å². The Morgan fingerprint density at radius 1 is 1.28 bits per heavy atom. The smallest absolute Gasteiger partial charge is 0.354 e. The fraction of sp³-hybridized carbons (Fsp3) is 0.0769. The van der Waals surface area contributed by atoms with Crippen LogP contribution < -0.4 is 4.74 Å². The minimum atomic E-state index is -1.11. The highest BCUT2D eigenvalue weighted by Gasteiger charge is 2.05. The zero-order chi connectivity index (χ0) is 13.1. The van der Waals surface area contributed by atoms with Gasteiger partial charge in [0.15, 0.2) is 0 Å². The number of nitrogens with zero attached hydrogens (tertiary/aromatic N) is 1. The zero-order valence-electron chi connectivity index (χ0n) is 9.55. The Kier molecular flexibility index (Phi) is 3.23. The number of rotatable bonds is 3. The van der Waals surface area contributed by atoms with E-state index < -0.39 is 5.97 Å². The molecule has 0 spiro atoms. The largest absolute Gasteiger partial charge is 0.477 e. The number of carboxylic acids is 1. The van der Waals surface area contributed by atoms with Crippen LogP contribution in [-0.2, 0) is 0 Å². The van der Waals surface area contributed by atoms with E-state index in [9.17, 15) is 9.18 Å². The van der Waals surface area contributed by atoms with Gasteiger partial charge in [0.2, 0.25) is 0 Å². The number of pyridine rings is 1. The quantitative estimate of drug-likeness (QED) is 0.905. The molecule has 0 amide bonds. The Morgan fingerprint density at radius 2 is 2.00 bits per heavy atom. The first kappa shape index (κ1) is 12.0. The lowest BCUT2D eigenvalue weighted by Gasteiger charge is -2.06. The number of ether oxygens (including phenoxy) is 1. The van der Waals surface area contributed by atoms with Gasteiger partial charge in [-0.3, -0.25) is 0 Å². The summed E-state index contributed by atoms with van der Waals surface area (Å²) in [4.78, 5) is 14.3. The van der Waals surface area contributed by atoms with Crippen molar-refractivity contribution >= 4 is 5.97 Å². The lowest BCUT2D eigenvalue weighted by molar-refractivity contribution is 0.0690. The van der Waals surface area contributed by atoms with Gasteiger partial charge in [-0.2, -0.15) is 0 Å². The monoisotopic (exact) mass is 247 g/mol. The van der Waals surface area contributed by atoms with Crippen LogP contribution >= 0.6 is 0 Å². The molecule has 0 saturated heterocycles. The van der Waals surface area contributed by atoms with Crippen LogP contribution in [0.15, 0.2) is 36.5 Å². The number of aromatic carboxylic acids is 1. The zero-order valence-corrected chi connectivity index (χ0v) is 9.55. The average molecular weight is 247 g/mol. The normalized spacial score (nSPS) is 10.1. The van der Waals surface area contributed by atoms with E-state index in [1.54, 1.807) is 19.1 Å². The van der Waals surface area contributed by atoms with Crippen LogP contribution in [0.1, 0.15) is 16.1 Å². The van der Waals surface area contributed by atoms with Crippen molar-refractivity contribution in [2.24, 2.45) is 0 Å². The lowest BCUT2D eigenvalue weighted by atomic mass is 10.2. The summed E-state index contributed by atoms with van der Waals surface area (Å²) in [5.74, 6) is -0.781. The van der Waals surface area contributed by atoms with Gasteiger partial charge in [0, 0.05) is 6.07 Å². The van der Waals surface area contributed by atoms with Gasteiger partial charge in [-0.1, -0.05) is 6.07 Å². The standard InChI is InChI=1S/C13H10FNO3/c1-8-2-3-9(6-11(8)14)18-10-4-5-12(13(16)17)15-7-10/h2-7H,1H3,(H,16,17). The van der Waals surface area contributed by atoms with Crippen LogP contribution in [0, 0.1) is 12.7 Å². The van der Waals surface area contributed by atoms with Crippen LogP contribution in [0.5, 0.6) is 11.5 Å². The number of hydrogen-bond donors (Lipinski definition) is 1. The van der Waals surface area contributed by atoms with E-state index >= 15 is 0 Å². The van der Waals surface area contributed by atoms with E-state index in [4.69, 9.17) is 9.84 Å². The first-order valence-electron chi connectivity index (χ1n) is 5.19. The highest BCUT2D eigenvalue weighted by molar-refractivity contribution is 5.85. The summed E-state index contributed by atoms with van der Waals surface area (Å²) in [6, 6.07) is 7.28. The van der Waals surface area contributed by atoms with Crippen LogP contribution in [-0.4, -0.2) is 16.1 Å². The molecule has 0 bridgehead atoms. The summed E-state index contributed by atoms with van der Waals surface area (Å²) in [6.45, 7) is 1.66. The van der Waals surface area contributed by atoms with Crippen LogP contribution in [0.25, 0.3) is 0 Å². The molecular formula is C13H10FNO3. The molecule has 1 N–H and O–H groups in total. The van der Waals surface area contributed by atoms with Crippen molar-refractivity contribution in [3.05, 3.63) is 53.6 Å². The van der Waals surface area contributed by atoms with Crippen molar-refractivity contribution < 1.29 is 19.0 Å². The Balaban J connectivity index is 2.18. The fourth-order valence-corrected chi connectivity index (χ4v) is 1.34. The number of aryl methyl sites for hydroxylation is 1. The summed E-state index contributed by atoms with van der Waals surface area (Å²) in [5.41, 5.74) is 0.458. The number of aromatic nitrogens is 1. The second kappa shape index (κ2) is 4.83. The number of hydrogen-bond acceptors (Lipinski definition) is 3.